The third-order valence-electron chi connectivity index (χ3n) is 4.08. The molecular weight excluding hydrogens is 367 g/mol. The van der Waals surface area contributed by atoms with Gasteiger partial charge in [0.25, 0.3) is 0 Å². The minimum absolute atomic E-state index is 0.161. The number of carbonyl (C=O) groups excluding carboxylic acids is 1. The third-order valence-corrected chi connectivity index (χ3v) is 4.84. The number of ether oxygens (including phenoxy) is 1. The first-order chi connectivity index (χ1) is 13.1. The van der Waals surface area contributed by atoms with E-state index in [0.29, 0.717) is 27.7 Å². The molecule has 0 unspecified atom stereocenters. The SMILES string of the molecule is COc1ccc2c(CC(=O)Nc3nc(-c4cccc(F)c4)cs3)coc2c1. The van der Waals surface area contributed by atoms with Crippen molar-refractivity contribution in [1.82, 2.24) is 4.98 Å². The minimum Gasteiger partial charge on any atom is -0.497 e. The Morgan fingerprint density at radius 3 is 3.00 bits per heavy atom. The minimum atomic E-state index is -0.324. The molecule has 4 rings (SSSR count). The largest absolute Gasteiger partial charge is 0.497 e. The maximum Gasteiger partial charge on any atom is 0.230 e. The highest BCUT2D eigenvalue weighted by Crippen LogP contribution is 2.27. The van der Waals surface area contributed by atoms with Gasteiger partial charge in [0.1, 0.15) is 17.1 Å². The lowest BCUT2D eigenvalue weighted by Gasteiger charge is -2.01. The van der Waals surface area contributed by atoms with Gasteiger partial charge in [0.15, 0.2) is 5.13 Å². The molecule has 4 aromatic rings. The fraction of sp³-hybridized carbons (Fsp3) is 0.100. The number of halogens is 1. The van der Waals surface area contributed by atoms with E-state index in [2.05, 4.69) is 10.3 Å². The number of nitrogens with one attached hydrogen (secondary N) is 1. The molecular formula is C20H15FN2O3S. The van der Waals surface area contributed by atoms with Crippen molar-refractivity contribution in [3.05, 3.63) is 65.5 Å². The first-order valence-corrected chi connectivity index (χ1v) is 9.06. The zero-order valence-corrected chi connectivity index (χ0v) is 15.2. The Kier molecular flexibility index (Phi) is 4.60. The third kappa shape index (κ3) is 3.68. The fourth-order valence-electron chi connectivity index (χ4n) is 2.78. The molecule has 1 N–H and O–H groups in total. The van der Waals surface area contributed by atoms with E-state index < -0.39 is 0 Å². The van der Waals surface area contributed by atoms with E-state index in [0.717, 1.165) is 10.9 Å². The molecule has 0 fully saturated rings. The molecule has 1 amide bonds. The highest BCUT2D eigenvalue weighted by molar-refractivity contribution is 7.14. The van der Waals surface area contributed by atoms with Crippen molar-refractivity contribution in [3.8, 4) is 17.0 Å². The van der Waals surface area contributed by atoms with Crippen molar-refractivity contribution in [2.75, 3.05) is 12.4 Å². The van der Waals surface area contributed by atoms with Gasteiger partial charge in [-0.25, -0.2) is 9.37 Å². The molecule has 5 nitrogen and oxygen atoms in total. The number of amides is 1. The average molecular weight is 382 g/mol. The van der Waals surface area contributed by atoms with Gasteiger partial charge >= 0.3 is 0 Å². The van der Waals surface area contributed by atoms with Gasteiger partial charge in [0.2, 0.25) is 5.91 Å². The van der Waals surface area contributed by atoms with Gasteiger partial charge in [0.05, 0.1) is 25.5 Å². The second-order valence-electron chi connectivity index (χ2n) is 5.90. The molecule has 0 radical (unpaired) electrons. The van der Waals surface area contributed by atoms with Crippen LogP contribution in [0.2, 0.25) is 0 Å². The number of benzene rings is 2. The van der Waals surface area contributed by atoms with Gasteiger partial charge < -0.3 is 14.5 Å². The van der Waals surface area contributed by atoms with Crippen molar-refractivity contribution in [1.29, 1.82) is 0 Å². The number of anilines is 1. The zero-order valence-electron chi connectivity index (χ0n) is 14.4. The van der Waals surface area contributed by atoms with Crippen molar-refractivity contribution in [3.63, 3.8) is 0 Å². The van der Waals surface area contributed by atoms with Gasteiger partial charge in [-0.05, 0) is 24.3 Å². The Morgan fingerprint density at radius 1 is 1.30 bits per heavy atom. The molecule has 27 heavy (non-hydrogen) atoms. The number of aromatic nitrogens is 1. The van der Waals surface area contributed by atoms with Gasteiger partial charge in [-0.3, -0.25) is 4.79 Å². The summed E-state index contributed by atoms with van der Waals surface area (Å²) in [7, 11) is 1.59. The summed E-state index contributed by atoms with van der Waals surface area (Å²) in [5.74, 6) is 0.170. The molecule has 0 aliphatic heterocycles. The summed E-state index contributed by atoms with van der Waals surface area (Å²) in [6, 6.07) is 11.7. The van der Waals surface area contributed by atoms with Crippen molar-refractivity contribution in [2.45, 2.75) is 6.42 Å². The topological polar surface area (TPSA) is 64.4 Å². The molecule has 0 saturated carbocycles. The van der Waals surface area contributed by atoms with Crippen LogP contribution in [-0.4, -0.2) is 18.0 Å². The van der Waals surface area contributed by atoms with E-state index in [1.54, 1.807) is 37.0 Å². The van der Waals surface area contributed by atoms with E-state index in [4.69, 9.17) is 9.15 Å². The molecule has 0 spiro atoms. The second kappa shape index (κ2) is 7.20. The number of rotatable bonds is 5. The van der Waals surface area contributed by atoms with Crippen LogP contribution in [-0.2, 0) is 11.2 Å². The lowest BCUT2D eigenvalue weighted by Crippen LogP contribution is -2.13. The van der Waals surface area contributed by atoms with Crippen molar-refractivity contribution in [2.24, 2.45) is 0 Å². The van der Waals surface area contributed by atoms with E-state index in [1.165, 1.54) is 23.5 Å². The highest BCUT2D eigenvalue weighted by Gasteiger charge is 2.13. The highest BCUT2D eigenvalue weighted by atomic mass is 32.1. The van der Waals surface area contributed by atoms with Crippen LogP contribution < -0.4 is 10.1 Å². The van der Waals surface area contributed by atoms with Crippen LogP contribution in [0, 0.1) is 5.82 Å². The summed E-state index contributed by atoms with van der Waals surface area (Å²) in [6.45, 7) is 0. The number of nitrogens with zero attached hydrogens (tertiary/aromatic N) is 1. The summed E-state index contributed by atoms with van der Waals surface area (Å²) in [4.78, 5) is 16.7. The molecule has 0 saturated heterocycles. The fourth-order valence-corrected chi connectivity index (χ4v) is 3.51. The monoisotopic (exact) mass is 382 g/mol. The van der Waals surface area contributed by atoms with Crippen molar-refractivity contribution >= 4 is 33.3 Å². The van der Waals surface area contributed by atoms with Gasteiger partial charge in [-0.15, -0.1) is 11.3 Å². The smallest absolute Gasteiger partial charge is 0.230 e. The predicted molar refractivity (Wildman–Crippen MR) is 103 cm³/mol. The number of furan rings is 1. The Balaban J connectivity index is 1.47. The lowest BCUT2D eigenvalue weighted by molar-refractivity contribution is -0.115. The maximum atomic E-state index is 13.3. The molecule has 2 heterocycles. The molecule has 0 atom stereocenters. The van der Waals surface area contributed by atoms with Crippen molar-refractivity contribution < 1.29 is 18.3 Å². The molecule has 2 aromatic heterocycles. The summed E-state index contributed by atoms with van der Waals surface area (Å²) in [6.07, 6.45) is 1.73. The summed E-state index contributed by atoms with van der Waals surface area (Å²) in [5.41, 5.74) is 2.74. The lowest BCUT2D eigenvalue weighted by atomic mass is 10.1. The maximum absolute atomic E-state index is 13.3. The van der Waals surface area contributed by atoms with Gasteiger partial charge in [-0.2, -0.15) is 0 Å². The molecule has 0 aliphatic rings. The number of hydrogen-bond donors (Lipinski definition) is 1. The van der Waals surface area contributed by atoms with Crippen LogP contribution in [0.3, 0.4) is 0 Å². The number of thiazole rings is 1. The van der Waals surface area contributed by atoms with Crippen LogP contribution in [0.5, 0.6) is 5.75 Å². The number of hydrogen-bond acceptors (Lipinski definition) is 5. The number of fused-ring (bicyclic) bond motifs is 1. The van der Waals surface area contributed by atoms with E-state index >= 15 is 0 Å². The Hall–Kier alpha value is -3.19. The second-order valence-corrected chi connectivity index (χ2v) is 6.75. The van der Waals surface area contributed by atoms with Crippen LogP contribution in [0.15, 0.2) is 58.5 Å². The predicted octanol–water partition coefficient (Wildman–Crippen LogP) is 4.89. The summed E-state index contributed by atoms with van der Waals surface area (Å²) >= 11 is 1.29. The average Bonchev–Trinajstić information content (AvgIpc) is 3.28. The standard InChI is InChI=1S/C20H15FN2O3S/c1-25-15-5-6-16-13(10-26-18(16)9-15)8-19(24)23-20-22-17(11-27-20)12-3-2-4-14(21)7-12/h2-7,9-11H,8H2,1H3,(H,22,23,24). The first kappa shape index (κ1) is 17.2. The van der Waals surface area contributed by atoms with E-state index in [-0.39, 0.29) is 18.1 Å². The van der Waals surface area contributed by atoms with Gasteiger partial charge in [-0.1, -0.05) is 12.1 Å². The van der Waals surface area contributed by atoms with Crippen LogP contribution in [0.25, 0.3) is 22.2 Å². The zero-order chi connectivity index (χ0) is 18.8. The van der Waals surface area contributed by atoms with Crippen LogP contribution in [0.4, 0.5) is 9.52 Å². The first-order valence-electron chi connectivity index (χ1n) is 8.18. The van der Waals surface area contributed by atoms with E-state index in [1.807, 2.05) is 12.1 Å². The molecule has 0 aliphatic carbocycles. The van der Waals surface area contributed by atoms with Gasteiger partial charge in [0, 0.05) is 28.0 Å². The Bertz CT molecular complexity index is 1120. The molecule has 136 valence electrons. The Morgan fingerprint density at radius 2 is 2.19 bits per heavy atom. The molecule has 0 bridgehead atoms. The van der Waals surface area contributed by atoms with Crippen LogP contribution >= 0.6 is 11.3 Å². The Labute approximate surface area is 158 Å². The normalized spacial score (nSPS) is 10.9. The van der Waals surface area contributed by atoms with Crippen LogP contribution in [0.1, 0.15) is 5.56 Å². The number of carbonyl (C=O) groups is 1. The number of methoxy groups -OCH3 is 1. The molecule has 7 heteroatoms. The summed E-state index contributed by atoms with van der Waals surface area (Å²) in [5, 5.41) is 5.89. The molecule has 2 aromatic carbocycles. The summed E-state index contributed by atoms with van der Waals surface area (Å²) < 4.78 is 24.0. The quantitative estimate of drug-likeness (QED) is 0.534. The van der Waals surface area contributed by atoms with E-state index in [9.17, 15) is 9.18 Å².